The number of anilines is 2. The number of benzene rings is 2. The zero-order chi connectivity index (χ0) is 59.5. The van der Waals surface area contributed by atoms with Gasteiger partial charge in [0.05, 0.1) is 42.1 Å². The molecule has 12 rings (SSSR count). The lowest BCUT2D eigenvalue weighted by atomic mass is 9.45. The number of aliphatic hydroxyl groups is 2. The van der Waals surface area contributed by atoms with Gasteiger partial charge in [0.1, 0.15) is 28.1 Å². The summed E-state index contributed by atoms with van der Waals surface area (Å²) in [6.07, 6.45) is 11.4. The summed E-state index contributed by atoms with van der Waals surface area (Å²) in [5, 5.41) is 24.0. The summed E-state index contributed by atoms with van der Waals surface area (Å²) in [4.78, 5) is 101. The molecule has 2 aliphatic heterocycles. The third-order valence-corrected chi connectivity index (χ3v) is 20.5. The minimum absolute atomic E-state index is 0.00469. The lowest BCUT2D eigenvalue weighted by Crippen LogP contribution is -2.62. The maximum atomic E-state index is 16.7. The third kappa shape index (κ3) is 9.43. The minimum atomic E-state index is -1.93. The molecule has 2 saturated heterocycles. The first-order valence-corrected chi connectivity index (χ1v) is 29.7. The van der Waals surface area contributed by atoms with Crippen LogP contribution < -0.4 is 35.9 Å². The van der Waals surface area contributed by atoms with Gasteiger partial charge < -0.3 is 63.5 Å². The number of pyridine rings is 2. The zero-order valence-electron chi connectivity index (χ0n) is 48.2. The van der Waals surface area contributed by atoms with E-state index < -0.39 is 88.4 Å². The highest BCUT2D eigenvalue weighted by Gasteiger charge is 2.68. The number of Topliss-reactive ketones (excluding diaryl/α,β-unsaturated/α-hetero) is 1. The molecular weight excluding hydrogens is 1090 g/mol. The average Bonchev–Trinajstić information content (AvgIpc) is 1.81. The SMILES string of the molecule is COc1c(N2CCN(C(=O)OCOC(=O)c3cn(C4CC4)c4c(OC)c(N5CCCC[C@H](N)C5)c(F)cc4c3=O)C(C)C2)c(F)cc2c(=O)c(C(=O)OCC(=O)[C@]3(O)CC[C@@H]4[C@H]5CCC6=CC(=O)CC[C@@]6(C)[C@@H]5[C@H](O)C[C@]43C)cn(C3CC3)c12. The summed E-state index contributed by atoms with van der Waals surface area (Å²) >= 11 is 0. The Balaban J connectivity index is 0.713. The fourth-order valence-electron chi connectivity index (χ4n) is 16.0. The van der Waals surface area contributed by atoms with Crippen LogP contribution in [0.4, 0.5) is 25.0 Å². The van der Waals surface area contributed by atoms with Crippen molar-refractivity contribution in [2.24, 2.45) is 34.3 Å². The molecule has 450 valence electrons. The van der Waals surface area contributed by atoms with Crippen molar-refractivity contribution in [1.29, 1.82) is 0 Å². The molecule has 0 bridgehead atoms. The summed E-state index contributed by atoms with van der Waals surface area (Å²) in [6.45, 7) is 5.09. The van der Waals surface area contributed by atoms with E-state index in [-0.39, 0.29) is 124 Å². The van der Waals surface area contributed by atoms with Gasteiger partial charge in [-0.05, 0) is 125 Å². The fraction of sp³-hybridized carbons (Fsp3) is 0.597. The number of ketones is 2. The number of halogens is 2. The van der Waals surface area contributed by atoms with E-state index in [1.165, 1.54) is 31.5 Å². The van der Waals surface area contributed by atoms with E-state index in [9.17, 15) is 43.8 Å². The maximum absolute atomic E-state index is 16.7. The van der Waals surface area contributed by atoms with Gasteiger partial charge in [-0.1, -0.05) is 25.8 Å². The van der Waals surface area contributed by atoms with Gasteiger partial charge in [-0.2, -0.15) is 0 Å². The molecule has 8 aliphatic rings. The Morgan fingerprint density at radius 1 is 0.738 bits per heavy atom. The quantitative estimate of drug-likeness (QED) is 0.0898. The molecular formula is C62H74F2N6O14. The van der Waals surface area contributed by atoms with Gasteiger partial charge in [0.15, 0.2) is 35.5 Å². The molecule has 4 N–H and O–H groups in total. The normalized spacial score (nSPS) is 29.6. The van der Waals surface area contributed by atoms with Crippen molar-refractivity contribution >= 4 is 62.8 Å². The van der Waals surface area contributed by atoms with Crippen molar-refractivity contribution in [3.8, 4) is 11.5 Å². The molecule has 6 aliphatic carbocycles. The highest BCUT2D eigenvalue weighted by atomic mass is 19.1. The van der Waals surface area contributed by atoms with Crippen LogP contribution >= 0.6 is 0 Å². The Morgan fingerprint density at radius 3 is 1.92 bits per heavy atom. The molecule has 4 aromatic rings. The fourth-order valence-corrected chi connectivity index (χ4v) is 16.0. The number of aromatic nitrogens is 2. The molecule has 20 nitrogen and oxygen atoms in total. The first-order chi connectivity index (χ1) is 40.1. The van der Waals surface area contributed by atoms with Crippen LogP contribution in [0.3, 0.4) is 0 Å². The number of allylic oxidation sites excluding steroid dienone is 1. The minimum Gasteiger partial charge on any atom is -0.492 e. The second-order valence-electron chi connectivity index (χ2n) is 25.4. The highest BCUT2D eigenvalue weighted by molar-refractivity contribution is 6.00. The molecule has 84 heavy (non-hydrogen) atoms. The summed E-state index contributed by atoms with van der Waals surface area (Å²) < 4.78 is 64.4. The van der Waals surface area contributed by atoms with Crippen LogP contribution in [0, 0.1) is 40.2 Å². The van der Waals surface area contributed by atoms with Crippen molar-refractivity contribution < 1.29 is 66.7 Å². The number of hydrogen-bond donors (Lipinski definition) is 3. The van der Waals surface area contributed by atoms with Crippen molar-refractivity contribution in [3.63, 3.8) is 0 Å². The molecule has 1 amide bonds. The van der Waals surface area contributed by atoms with E-state index in [0.29, 0.717) is 57.1 Å². The number of methoxy groups -OCH3 is 2. The van der Waals surface area contributed by atoms with Crippen LogP contribution in [0.2, 0.25) is 0 Å². The number of hydrogen-bond acceptors (Lipinski definition) is 17. The second-order valence-corrected chi connectivity index (χ2v) is 25.4. The predicted octanol–water partition coefficient (Wildman–Crippen LogP) is 7.02. The highest BCUT2D eigenvalue weighted by Crippen LogP contribution is 2.68. The molecule has 2 aromatic carbocycles. The molecule has 7 fully saturated rings. The molecule has 0 radical (unpaired) electrons. The first kappa shape index (κ1) is 57.5. The average molecular weight is 1170 g/mol. The van der Waals surface area contributed by atoms with Gasteiger partial charge in [-0.25, -0.2) is 23.2 Å². The molecule has 2 aromatic heterocycles. The number of esters is 2. The van der Waals surface area contributed by atoms with E-state index in [0.717, 1.165) is 56.2 Å². The number of carbonyl (C=O) groups excluding carboxylic acids is 5. The van der Waals surface area contributed by atoms with E-state index in [1.54, 1.807) is 27.0 Å². The number of ether oxygens (including phenoxy) is 5. The van der Waals surface area contributed by atoms with Crippen LogP contribution in [0.25, 0.3) is 21.8 Å². The lowest BCUT2D eigenvalue weighted by Gasteiger charge is -2.60. The van der Waals surface area contributed by atoms with E-state index in [2.05, 4.69) is 6.92 Å². The van der Waals surface area contributed by atoms with Gasteiger partial charge in [-0.3, -0.25) is 19.2 Å². The smallest absolute Gasteiger partial charge is 0.413 e. The predicted molar refractivity (Wildman–Crippen MR) is 304 cm³/mol. The summed E-state index contributed by atoms with van der Waals surface area (Å²) in [5.41, 5.74) is 2.45. The van der Waals surface area contributed by atoms with Gasteiger partial charge >= 0.3 is 18.0 Å². The van der Waals surface area contributed by atoms with Crippen molar-refractivity contribution in [2.45, 2.75) is 147 Å². The van der Waals surface area contributed by atoms with Gasteiger partial charge in [0.25, 0.3) is 0 Å². The van der Waals surface area contributed by atoms with Crippen LogP contribution in [0.5, 0.6) is 11.5 Å². The molecule has 4 heterocycles. The first-order valence-electron chi connectivity index (χ1n) is 29.7. The van der Waals surface area contributed by atoms with Gasteiger partial charge in [0.2, 0.25) is 23.4 Å². The van der Waals surface area contributed by atoms with Crippen LogP contribution in [-0.2, 0) is 23.8 Å². The van der Waals surface area contributed by atoms with Crippen molar-refractivity contribution in [1.82, 2.24) is 14.0 Å². The number of rotatable bonds is 13. The van der Waals surface area contributed by atoms with Gasteiger partial charge in [0, 0.05) is 81.1 Å². The lowest BCUT2D eigenvalue weighted by molar-refractivity contribution is -0.182. The molecule has 1 unspecified atom stereocenters. The largest absolute Gasteiger partial charge is 0.492 e. The second kappa shape index (κ2) is 21.6. The Bertz CT molecular complexity index is 3580. The monoisotopic (exact) mass is 1160 g/mol. The number of amides is 1. The van der Waals surface area contributed by atoms with E-state index in [1.807, 2.05) is 11.8 Å². The number of piperazine rings is 1. The molecule has 9 atom stereocenters. The zero-order valence-corrected chi connectivity index (χ0v) is 48.2. The Hall–Kier alpha value is -6.91. The summed E-state index contributed by atoms with van der Waals surface area (Å²) in [6, 6.07) is 1.10. The maximum Gasteiger partial charge on any atom is 0.413 e. The van der Waals surface area contributed by atoms with Crippen molar-refractivity contribution in [2.75, 3.05) is 70.1 Å². The molecule has 0 spiro atoms. The molecule has 22 heteroatoms. The Morgan fingerprint density at radius 2 is 1.33 bits per heavy atom. The summed E-state index contributed by atoms with van der Waals surface area (Å²) in [7, 11) is 2.75. The Labute approximate surface area is 483 Å². The standard InChI is InChI=1S/C62H74F2N6O14/c1-32-26-67(20-21-68(32)59(78)84-31-83-58(77)42-29-70(36-12-13-36)49-40(54(42)75)23-44(63)51(55(49)80-4)66-19-7-6-8-34(65)27-66)52-45(64)24-39-50(56(52)81-5)69(35-10-11-35)28-41(53(39)74)57(76)82-30-47(73)62(79)18-16-43-38-14-9-33-22-37(71)15-17-60(33,2)48(38)46(72)25-61(43,62)3/h22-24,28-29,32,34-36,38,43,46,48,72,79H,6-21,25-27,30-31,65H2,1-5H3/t32?,34-,38+,43+,46+,48-,60+,61+,62+/m0/s1. The number of nitrogens with two attached hydrogens (primary N) is 1. The summed E-state index contributed by atoms with van der Waals surface area (Å²) in [5.74, 6) is -4.40. The van der Waals surface area contributed by atoms with E-state index >= 15 is 8.78 Å². The van der Waals surface area contributed by atoms with Crippen molar-refractivity contribution in [3.05, 3.63) is 79.4 Å². The third-order valence-electron chi connectivity index (χ3n) is 20.5. The van der Waals surface area contributed by atoms with Gasteiger partial charge in [-0.15, -0.1) is 0 Å². The number of nitrogens with zero attached hydrogens (tertiary/aromatic N) is 5. The van der Waals surface area contributed by atoms with Crippen LogP contribution in [0.15, 0.2) is 45.8 Å². The number of aliphatic hydroxyl groups excluding tert-OH is 1. The van der Waals surface area contributed by atoms with Crippen LogP contribution in [-0.4, -0.2) is 138 Å². The number of fused-ring (bicyclic) bond motifs is 7. The topological polar surface area (TPSA) is 252 Å². The number of carbonyl (C=O) groups is 5. The Kier molecular flexibility index (Phi) is 14.8. The van der Waals surface area contributed by atoms with E-state index in [4.69, 9.17) is 29.4 Å². The molecule has 5 saturated carbocycles. The van der Waals surface area contributed by atoms with Crippen LogP contribution in [0.1, 0.15) is 143 Å².